The van der Waals surface area contributed by atoms with E-state index in [1.165, 1.54) is 31.1 Å². The van der Waals surface area contributed by atoms with Crippen LogP contribution in [0.5, 0.6) is 0 Å². The van der Waals surface area contributed by atoms with E-state index in [4.69, 9.17) is 4.74 Å². The van der Waals surface area contributed by atoms with E-state index in [9.17, 15) is 4.79 Å². The third kappa shape index (κ3) is 2.51. The molecule has 0 radical (unpaired) electrons. The van der Waals surface area contributed by atoms with Crippen molar-refractivity contribution in [3.8, 4) is 0 Å². The molecule has 3 rings (SSSR count). The van der Waals surface area contributed by atoms with Crippen LogP contribution in [0.15, 0.2) is 34.9 Å². The number of allylic oxidation sites excluding steroid dienone is 5. The van der Waals surface area contributed by atoms with Crippen LogP contribution in [0.2, 0.25) is 0 Å². The smallest absolute Gasteiger partial charge is 0.334 e. The quantitative estimate of drug-likeness (QED) is 0.654. The van der Waals surface area contributed by atoms with Gasteiger partial charge in [-0.3, -0.25) is 0 Å². The average molecular weight is 314 g/mol. The summed E-state index contributed by atoms with van der Waals surface area (Å²) in [6.45, 7) is 9.41. The van der Waals surface area contributed by atoms with Gasteiger partial charge in [-0.2, -0.15) is 0 Å². The highest BCUT2D eigenvalue weighted by Gasteiger charge is 2.46. The number of rotatable bonds is 2. The Morgan fingerprint density at radius 1 is 1.26 bits per heavy atom. The van der Waals surface area contributed by atoms with Gasteiger partial charge in [-0.25, -0.2) is 4.79 Å². The molecule has 3 atom stereocenters. The molecule has 2 heteroatoms. The lowest BCUT2D eigenvalue weighted by molar-refractivity contribution is -0.136. The zero-order valence-corrected chi connectivity index (χ0v) is 15.2. The Morgan fingerprint density at radius 2 is 2.00 bits per heavy atom. The summed E-state index contributed by atoms with van der Waals surface area (Å²) < 4.78 is 5.08. The Morgan fingerprint density at radius 3 is 2.65 bits per heavy atom. The highest BCUT2D eigenvalue weighted by Crippen LogP contribution is 2.57. The van der Waals surface area contributed by atoms with Crippen LogP contribution in [0.3, 0.4) is 0 Å². The van der Waals surface area contributed by atoms with Gasteiger partial charge in [0.05, 0.1) is 7.11 Å². The number of esters is 1. The first kappa shape index (κ1) is 16.5. The lowest BCUT2D eigenvalue weighted by Gasteiger charge is -2.38. The topological polar surface area (TPSA) is 26.3 Å². The molecular formula is C21H30O2. The van der Waals surface area contributed by atoms with Crippen molar-refractivity contribution in [2.24, 2.45) is 22.7 Å². The number of methoxy groups -OCH3 is 1. The van der Waals surface area contributed by atoms with Crippen molar-refractivity contribution < 1.29 is 9.53 Å². The highest BCUT2D eigenvalue weighted by atomic mass is 16.5. The second-order valence-corrected chi connectivity index (χ2v) is 8.44. The molecule has 23 heavy (non-hydrogen) atoms. The minimum absolute atomic E-state index is 0.123. The fourth-order valence-electron chi connectivity index (χ4n) is 5.12. The van der Waals surface area contributed by atoms with Crippen LogP contribution in [0, 0.1) is 22.7 Å². The average Bonchev–Trinajstić information content (AvgIpc) is 2.78. The fraction of sp³-hybridized carbons (Fsp3) is 0.667. The Labute approximate surface area is 140 Å². The molecule has 126 valence electrons. The molecule has 0 saturated carbocycles. The minimum Gasteiger partial charge on any atom is -0.466 e. The summed E-state index contributed by atoms with van der Waals surface area (Å²) in [5.74, 6) is 1.11. The SMILES string of the molecule is COC(=O)C1=C2C=C3C=C[C@H](C(C)C)[C@@]3(C)CCC2(C)CCC1. The number of carbonyl (C=O) groups is 1. The van der Waals surface area contributed by atoms with Gasteiger partial charge in [0.1, 0.15) is 0 Å². The molecule has 0 aromatic carbocycles. The van der Waals surface area contributed by atoms with Crippen LogP contribution in [-0.4, -0.2) is 13.1 Å². The molecule has 0 fully saturated rings. The van der Waals surface area contributed by atoms with Gasteiger partial charge in [-0.15, -0.1) is 0 Å². The molecule has 0 aliphatic heterocycles. The van der Waals surface area contributed by atoms with Crippen LogP contribution in [0.25, 0.3) is 0 Å². The maximum atomic E-state index is 12.3. The molecule has 0 bridgehead atoms. The van der Waals surface area contributed by atoms with Crippen molar-refractivity contribution in [1.29, 1.82) is 0 Å². The Kier molecular flexibility index (Phi) is 4.06. The summed E-state index contributed by atoms with van der Waals surface area (Å²) in [6.07, 6.45) is 12.5. The van der Waals surface area contributed by atoms with E-state index in [-0.39, 0.29) is 16.8 Å². The monoisotopic (exact) mass is 314 g/mol. The molecular weight excluding hydrogens is 284 g/mol. The first-order chi connectivity index (χ1) is 10.8. The summed E-state index contributed by atoms with van der Waals surface area (Å²) in [6, 6.07) is 0. The zero-order chi connectivity index (χ0) is 16.8. The molecule has 0 heterocycles. The van der Waals surface area contributed by atoms with Gasteiger partial charge in [0, 0.05) is 5.57 Å². The fourth-order valence-corrected chi connectivity index (χ4v) is 5.12. The number of carbonyl (C=O) groups excluding carboxylic acids is 1. The first-order valence-corrected chi connectivity index (χ1v) is 9.04. The van der Waals surface area contributed by atoms with Gasteiger partial charge < -0.3 is 4.74 Å². The number of ether oxygens (including phenoxy) is 1. The van der Waals surface area contributed by atoms with E-state index in [2.05, 4.69) is 45.9 Å². The summed E-state index contributed by atoms with van der Waals surface area (Å²) in [5.41, 5.74) is 3.92. The summed E-state index contributed by atoms with van der Waals surface area (Å²) in [4.78, 5) is 12.3. The van der Waals surface area contributed by atoms with Gasteiger partial charge in [0.2, 0.25) is 0 Å². The number of hydrogen-bond acceptors (Lipinski definition) is 2. The minimum atomic E-state index is -0.131. The van der Waals surface area contributed by atoms with Gasteiger partial charge in [-0.1, -0.05) is 45.9 Å². The van der Waals surface area contributed by atoms with E-state index in [1.807, 2.05) is 0 Å². The maximum Gasteiger partial charge on any atom is 0.334 e. The van der Waals surface area contributed by atoms with Gasteiger partial charge in [-0.05, 0) is 65.9 Å². The molecule has 0 spiro atoms. The molecule has 0 N–H and O–H groups in total. The predicted molar refractivity (Wildman–Crippen MR) is 93.9 cm³/mol. The summed E-state index contributed by atoms with van der Waals surface area (Å²) in [5, 5.41) is 0. The number of fused-ring (bicyclic) bond motifs is 2. The second kappa shape index (κ2) is 5.65. The molecule has 3 aliphatic rings. The highest BCUT2D eigenvalue weighted by molar-refractivity contribution is 5.90. The van der Waals surface area contributed by atoms with Crippen LogP contribution >= 0.6 is 0 Å². The van der Waals surface area contributed by atoms with E-state index in [1.54, 1.807) is 0 Å². The molecule has 0 aromatic heterocycles. The van der Waals surface area contributed by atoms with Crippen molar-refractivity contribution in [1.82, 2.24) is 0 Å². The van der Waals surface area contributed by atoms with Crippen LogP contribution in [-0.2, 0) is 9.53 Å². The maximum absolute atomic E-state index is 12.3. The lowest BCUT2D eigenvalue weighted by atomic mass is 9.66. The van der Waals surface area contributed by atoms with Gasteiger partial charge in [0.15, 0.2) is 0 Å². The Bertz CT molecular complexity index is 607. The van der Waals surface area contributed by atoms with Crippen LogP contribution in [0.1, 0.15) is 59.8 Å². The van der Waals surface area contributed by atoms with Crippen molar-refractivity contribution in [3.05, 3.63) is 34.9 Å². The second-order valence-electron chi connectivity index (χ2n) is 8.44. The molecule has 0 aromatic rings. The lowest BCUT2D eigenvalue weighted by Crippen LogP contribution is -2.29. The van der Waals surface area contributed by atoms with Gasteiger partial charge >= 0.3 is 5.97 Å². The summed E-state index contributed by atoms with van der Waals surface area (Å²) >= 11 is 0. The standard InChI is InChI=1S/C21H30O2/c1-14(2)17-9-8-15-13-18-16(19(22)23-5)7-6-10-20(18,3)11-12-21(15,17)4/h8-9,13-14,17H,6-7,10-12H2,1-5H3/t17-,20?,21+/m1/s1. The van der Waals surface area contributed by atoms with Crippen molar-refractivity contribution >= 4 is 5.97 Å². The molecule has 0 saturated heterocycles. The van der Waals surface area contributed by atoms with E-state index >= 15 is 0 Å². The van der Waals surface area contributed by atoms with Crippen molar-refractivity contribution in [3.63, 3.8) is 0 Å². The van der Waals surface area contributed by atoms with E-state index in [0.29, 0.717) is 11.8 Å². The molecule has 1 unspecified atom stereocenters. The predicted octanol–water partition coefficient (Wildman–Crippen LogP) is 5.21. The normalized spacial score (nSPS) is 36.4. The molecule has 0 amide bonds. The van der Waals surface area contributed by atoms with Crippen LogP contribution < -0.4 is 0 Å². The third-order valence-corrected chi connectivity index (χ3v) is 6.65. The largest absolute Gasteiger partial charge is 0.466 e. The first-order valence-electron chi connectivity index (χ1n) is 9.04. The van der Waals surface area contributed by atoms with Crippen LogP contribution in [0.4, 0.5) is 0 Å². The molecule has 3 aliphatic carbocycles. The van der Waals surface area contributed by atoms with Crippen molar-refractivity contribution in [2.45, 2.75) is 59.8 Å². The van der Waals surface area contributed by atoms with Gasteiger partial charge in [0.25, 0.3) is 0 Å². The Balaban J connectivity index is 2.13. The van der Waals surface area contributed by atoms with Crippen molar-refractivity contribution in [2.75, 3.05) is 7.11 Å². The number of hydrogen-bond donors (Lipinski definition) is 0. The summed E-state index contributed by atoms with van der Waals surface area (Å²) in [7, 11) is 1.50. The molecule has 2 nitrogen and oxygen atoms in total. The zero-order valence-electron chi connectivity index (χ0n) is 15.2. The van der Waals surface area contributed by atoms with E-state index in [0.717, 1.165) is 24.8 Å². The third-order valence-electron chi connectivity index (χ3n) is 6.65. The van der Waals surface area contributed by atoms with E-state index < -0.39 is 0 Å². The Hall–Kier alpha value is -1.31.